The highest BCUT2D eigenvalue weighted by Crippen LogP contribution is 2.11. The van der Waals surface area contributed by atoms with E-state index in [4.69, 9.17) is 0 Å². The molecule has 0 amide bonds. The molecule has 0 spiro atoms. The van der Waals surface area contributed by atoms with Gasteiger partial charge >= 0.3 is 0 Å². The van der Waals surface area contributed by atoms with Gasteiger partial charge in [0.25, 0.3) is 0 Å². The molecule has 98 valence electrons. The average Bonchev–Trinajstić information content (AvgIpc) is 2.52. The van der Waals surface area contributed by atoms with Gasteiger partial charge in [0.05, 0.1) is 0 Å². The van der Waals surface area contributed by atoms with Crippen LogP contribution in [-0.2, 0) is 0 Å². The van der Waals surface area contributed by atoms with Gasteiger partial charge in [0, 0.05) is 0 Å². The molecule has 0 fully saturated rings. The predicted octanol–water partition coefficient (Wildman–Crippen LogP) is 5.53. The maximum Gasteiger partial charge on any atom is -0.0251 e. The Hall–Kier alpha value is -2.60. The van der Waals surface area contributed by atoms with Gasteiger partial charge in [-0.15, -0.1) is 0 Å². The van der Waals surface area contributed by atoms with Crippen molar-refractivity contribution >= 4 is 12.2 Å². The van der Waals surface area contributed by atoms with Gasteiger partial charge < -0.3 is 0 Å². The number of rotatable bonds is 5. The summed E-state index contributed by atoms with van der Waals surface area (Å²) in [6.07, 6.45) is 12.2. The van der Waals surface area contributed by atoms with Crippen LogP contribution in [0, 0.1) is 0 Å². The smallest absolute Gasteiger partial charge is 0.0251 e. The van der Waals surface area contributed by atoms with Crippen molar-refractivity contribution in [2.75, 3.05) is 0 Å². The van der Waals surface area contributed by atoms with Crippen LogP contribution in [0.2, 0.25) is 0 Å². The van der Waals surface area contributed by atoms with E-state index in [0.29, 0.717) is 0 Å². The number of hydrogen-bond acceptors (Lipinski definition) is 0. The Labute approximate surface area is 121 Å². The zero-order valence-corrected chi connectivity index (χ0v) is 11.4. The Morgan fingerprint density at radius 1 is 0.750 bits per heavy atom. The van der Waals surface area contributed by atoms with Gasteiger partial charge in [-0.05, 0) is 22.8 Å². The van der Waals surface area contributed by atoms with Crippen molar-refractivity contribution in [2.45, 2.75) is 0 Å². The monoisotopic (exact) mass is 258 g/mol. The highest BCUT2D eigenvalue weighted by Gasteiger charge is 1.90. The number of benzene rings is 2. The highest BCUT2D eigenvalue weighted by atomic mass is 14.0. The zero-order chi connectivity index (χ0) is 14.0. The molecule has 0 aromatic heterocycles. The van der Waals surface area contributed by atoms with Crippen molar-refractivity contribution < 1.29 is 0 Å². The van der Waals surface area contributed by atoms with Crippen molar-refractivity contribution in [2.24, 2.45) is 0 Å². The molecule has 0 saturated heterocycles. The summed E-state index contributed by atoms with van der Waals surface area (Å²) < 4.78 is 0. The standard InChI is InChI=1S/C20H18/c1-2-3-10-20(17-19-13-8-5-9-14-19)16-15-18-11-6-4-7-12-18/h2-17H,1H2/b10-3+,16-15?,20-17+. The van der Waals surface area contributed by atoms with Crippen LogP contribution in [0.15, 0.2) is 97.1 Å². The summed E-state index contributed by atoms with van der Waals surface area (Å²) in [5, 5.41) is 0. The minimum atomic E-state index is 1.14. The van der Waals surface area contributed by atoms with Crippen molar-refractivity contribution in [3.63, 3.8) is 0 Å². The fourth-order valence-corrected chi connectivity index (χ4v) is 1.83. The van der Waals surface area contributed by atoms with Crippen LogP contribution in [0.3, 0.4) is 0 Å². The molecule has 0 aliphatic heterocycles. The molecule has 0 unspecified atom stereocenters. The second-order valence-corrected chi connectivity index (χ2v) is 4.39. The molecule has 0 N–H and O–H groups in total. The van der Waals surface area contributed by atoms with Gasteiger partial charge in [-0.25, -0.2) is 0 Å². The summed E-state index contributed by atoms with van der Waals surface area (Å²) in [5.41, 5.74) is 3.52. The minimum absolute atomic E-state index is 1.14. The van der Waals surface area contributed by atoms with Crippen molar-refractivity contribution in [1.29, 1.82) is 0 Å². The summed E-state index contributed by atoms with van der Waals surface area (Å²) in [6, 6.07) is 20.6. The van der Waals surface area contributed by atoms with E-state index >= 15 is 0 Å². The minimum Gasteiger partial charge on any atom is -0.0991 e. The first-order valence-electron chi connectivity index (χ1n) is 6.67. The lowest BCUT2D eigenvalue weighted by Crippen LogP contribution is -1.76. The van der Waals surface area contributed by atoms with Gasteiger partial charge in [0.2, 0.25) is 0 Å². The number of hydrogen-bond donors (Lipinski definition) is 0. The molecule has 0 heterocycles. The Balaban J connectivity index is 2.24. The number of allylic oxidation sites excluding steroid dienone is 5. The quantitative estimate of drug-likeness (QED) is 0.619. The molecule has 0 aliphatic rings. The lowest BCUT2D eigenvalue weighted by molar-refractivity contribution is 1.62. The third-order valence-electron chi connectivity index (χ3n) is 2.83. The first-order valence-corrected chi connectivity index (χ1v) is 6.67. The van der Waals surface area contributed by atoms with Crippen molar-refractivity contribution in [3.05, 3.63) is 108 Å². The molecular weight excluding hydrogens is 240 g/mol. The maximum absolute atomic E-state index is 3.72. The molecule has 0 saturated carbocycles. The summed E-state index contributed by atoms with van der Waals surface area (Å²) >= 11 is 0. The largest absolute Gasteiger partial charge is 0.0991 e. The fraction of sp³-hybridized carbons (Fsp3) is 0. The van der Waals surface area contributed by atoms with Gasteiger partial charge in [0.1, 0.15) is 0 Å². The molecule has 2 aromatic carbocycles. The molecular formula is C20H18. The normalized spacial score (nSPS) is 12.1. The summed E-state index contributed by atoms with van der Waals surface area (Å²) in [6.45, 7) is 3.72. The highest BCUT2D eigenvalue weighted by molar-refractivity contribution is 5.64. The molecule has 0 bridgehead atoms. The molecule has 0 atom stereocenters. The summed E-state index contributed by atoms with van der Waals surface area (Å²) in [4.78, 5) is 0. The van der Waals surface area contributed by atoms with Crippen molar-refractivity contribution in [1.82, 2.24) is 0 Å². The van der Waals surface area contributed by atoms with Gasteiger partial charge in [-0.3, -0.25) is 0 Å². The van der Waals surface area contributed by atoms with Crippen LogP contribution in [0.25, 0.3) is 12.2 Å². The second-order valence-electron chi connectivity index (χ2n) is 4.39. The third kappa shape index (κ3) is 4.58. The Morgan fingerprint density at radius 2 is 1.35 bits per heavy atom. The van der Waals surface area contributed by atoms with Gasteiger partial charge in [-0.2, -0.15) is 0 Å². The summed E-state index contributed by atoms with van der Waals surface area (Å²) in [5.74, 6) is 0. The maximum atomic E-state index is 3.72. The van der Waals surface area contributed by atoms with E-state index in [-0.39, 0.29) is 0 Å². The lowest BCUT2D eigenvalue weighted by atomic mass is 10.1. The van der Waals surface area contributed by atoms with Crippen LogP contribution in [0.4, 0.5) is 0 Å². The van der Waals surface area contributed by atoms with E-state index < -0.39 is 0 Å². The molecule has 0 aliphatic carbocycles. The van der Waals surface area contributed by atoms with Crippen LogP contribution in [0.5, 0.6) is 0 Å². The van der Waals surface area contributed by atoms with Gasteiger partial charge in [0.15, 0.2) is 0 Å². The first kappa shape index (κ1) is 13.8. The van der Waals surface area contributed by atoms with E-state index in [2.05, 4.69) is 55.1 Å². The Kier molecular flexibility index (Phi) is 5.36. The molecule has 20 heavy (non-hydrogen) atoms. The molecule has 0 nitrogen and oxygen atoms in total. The van der Waals surface area contributed by atoms with E-state index in [9.17, 15) is 0 Å². The zero-order valence-electron chi connectivity index (χ0n) is 11.4. The van der Waals surface area contributed by atoms with Crippen LogP contribution >= 0.6 is 0 Å². The molecule has 0 radical (unpaired) electrons. The van der Waals surface area contributed by atoms with Crippen LogP contribution in [-0.4, -0.2) is 0 Å². The Morgan fingerprint density at radius 3 is 1.95 bits per heavy atom. The predicted molar refractivity (Wildman–Crippen MR) is 89.2 cm³/mol. The average molecular weight is 258 g/mol. The topological polar surface area (TPSA) is 0 Å². The Bertz CT molecular complexity index is 614. The van der Waals surface area contributed by atoms with Crippen LogP contribution < -0.4 is 0 Å². The fourth-order valence-electron chi connectivity index (χ4n) is 1.83. The second kappa shape index (κ2) is 7.75. The van der Waals surface area contributed by atoms with Crippen LogP contribution in [0.1, 0.15) is 11.1 Å². The summed E-state index contributed by atoms with van der Waals surface area (Å²) in [7, 11) is 0. The lowest BCUT2D eigenvalue weighted by Gasteiger charge is -1.97. The van der Waals surface area contributed by atoms with E-state index in [1.165, 1.54) is 11.1 Å². The van der Waals surface area contributed by atoms with E-state index in [1.54, 1.807) is 6.08 Å². The van der Waals surface area contributed by atoms with E-state index in [0.717, 1.165) is 5.57 Å². The third-order valence-corrected chi connectivity index (χ3v) is 2.83. The van der Waals surface area contributed by atoms with E-state index in [1.807, 2.05) is 42.5 Å². The van der Waals surface area contributed by atoms with Crippen molar-refractivity contribution in [3.8, 4) is 0 Å². The molecule has 2 aromatic rings. The van der Waals surface area contributed by atoms with Gasteiger partial charge in [-0.1, -0.05) is 97.6 Å². The molecule has 0 heteroatoms. The first-order chi connectivity index (χ1) is 9.88. The molecule has 2 rings (SSSR count). The SMILES string of the molecule is C=C/C=C/C(C=Cc1ccccc1)=C\c1ccccc1.